The smallest absolute Gasteiger partial charge is 0.243 e. The maximum Gasteiger partial charge on any atom is 0.243 e. The van der Waals surface area contributed by atoms with Crippen LogP contribution in [0, 0.1) is 5.92 Å². The number of hydrogen-bond acceptors (Lipinski definition) is 5. The van der Waals surface area contributed by atoms with Gasteiger partial charge in [0.05, 0.1) is 6.04 Å². The van der Waals surface area contributed by atoms with Gasteiger partial charge in [0.2, 0.25) is 17.7 Å². The van der Waals surface area contributed by atoms with Crippen LogP contribution >= 0.6 is 0 Å². The first-order chi connectivity index (χ1) is 18.1. The van der Waals surface area contributed by atoms with Crippen LogP contribution in [-0.2, 0) is 20.0 Å². The molecule has 2 fully saturated rings. The third-order valence-corrected chi connectivity index (χ3v) is 8.49. The van der Waals surface area contributed by atoms with E-state index in [1.165, 1.54) is 0 Å². The van der Waals surface area contributed by atoms with Gasteiger partial charge in [0, 0.05) is 25.6 Å². The van der Waals surface area contributed by atoms with Crippen molar-refractivity contribution in [2.24, 2.45) is 5.92 Å². The Morgan fingerprint density at radius 2 is 1.87 bits per heavy atom. The third kappa shape index (κ3) is 6.12. The minimum atomic E-state index is -1.47. The molecule has 210 valence electrons. The molecule has 1 spiro atoms. The Hall–Kier alpha value is -2.71. The molecule has 38 heavy (non-hydrogen) atoms. The van der Waals surface area contributed by atoms with Crippen molar-refractivity contribution in [2.45, 2.75) is 89.4 Å². The Kier molecular flexibility index (Phi) is 10.1. The Labute approximate surface area is 227 Å². The number of nitrogens with one attached hydrogen (secondary N) is 2. The molecule has 2 saturated heterocycles. The monoisotopic (exact) mass is 526 g/mol. The average molecular weight is 527 g/mol. The summed E-state index contributed by atoms with van der Waals surface area (Å²) in [4.78, 5) is 43.6. The van der Waals surface area contributed by atoms with Crippen LogP contribution in [0.15, 0.2) is 43.0 Å². The van der Waals surface area contributed by atoms with Gasteiger partial charge < -0.3 is 20.6 Å². The van der Waals surface area contributed by atoms with E-state index in [0.29, 0.717) is 31.6 Å². The highest BCUT2D eigenvalue weighted by Gasteiger charge is 2.54. The van der Waals surface area contributed by atoms with Crippen molar-refractivity contribution in [1.82, 2.24) is 20.4 Å². The fourth-order valence-corrected chi connectivity index (χ4v) is 6.02. The SMILES string of the molecule is C=CCN1CCC[C@@]12CCN([C@@H](C)C(=O)N[C@H](C)[C@@](O)(C[C@H](C)C(=O)NCCCC)c1ccccc1)C2=O. The average Bonchev–Trinajstić information content (AvgIpc) is 3.47. The molecule has 3 N–H and O–H groups in total. The zero-order valence-corrected chi connectivity index (χ0v) is 23.5. The quantitative estimate of drug-likeness (QED) is 0.271. The summed E-state index contributed by atoms with van der Waals surface area (Å²) in [7, 11) is 0. The number of aliphatic hydroxyl groups is 1. The van der Waals surface area contributed by atoms with Crippen molar-refractivity contribution >= 4 is 17.7 Å². The molecule has 8 heteroatoms. The molecule has 0 bridgehead atoms. The molecule has 0 aliphatic carbocycles. The summed E-state index contributed by atoms with van der Waals surface area (Å²) in [6.45, 7) is 13.8. The third-order valence-electron chi connectivity index (χ3n) is 8.49. The van der Waals surface area contributed by atoms with E-state index in [4.69, 9.17) is 0 Å². The van der Waals surface area contributed by atoms with Crippen LogP contribution in [0.4, 0.5) is 0 Å². The van der Waals surface area contributed by atoms with E-state index in [0.717, 1.165) is 32.2 Å². The summed E-state index contributed by atoms with van der Waals surface area (Å²) in [5, 5.41) is 17.9. The molecular weight excluding hydrogens is 480 g/mol. The number of hydrogen-bond donors (Lipinski definition) is 3. The van der Waals surface area contributed by atoms with Gasteiger partial charge in [0.1, 0.15) is 17.2 Å². The second-order valence-electron chi connectivity index (χ2n) is 11.1. The Bertz CT molecular complexity index is 986. The summed E-state index contributed by atoms with van der Waals surface area (Å²) in [6, 6.07) is 7.80. The van der Waals surface area contributed by atoms with E-state index in [2.05, 4.69) is 29.0 Å². The molecular formula is C30H46N4O4. The second-order valence-corrected chi connectivity index (χ2v) is 11.1. The summed E-state index contributed by atoms with van der Waals surface area (Å²) in [5.74, 6) is -0.895. The number of unbranched alkanes of at least 4 members (excludes halogenated alkanes) is 1. The minimum Gasteiger partial charge on any atom is -0.383 e. The van der Waals surface area contributed by atoms with Gasteiger partial charge in [-0.2, -0.15) is 0 Å². The second kappa shape index (κ2) is 12.9. The Balaban J connectivity index is 1.73. The lowest BCUT2D eigenvalue weighted by Gasteiger charge is -2.38. The van der Waals surface area contributed by atoms with Crippen LogP contribution in [0.1, 0.15) is 71.8 Å². The van der Waals surface area contributed by atoms with Gasteiger partial charge in [-0.1, -0.05) is 56.7 Å². The van der Waals surface area contributed by atoms with E-state index in [1.54, 1.807) is 25.7 Å². The van der Waals surface area contributed by atoms with Gasteiger partial charge in [0.25, 0.3) is 0 Å². The molecule has 1 aromatic carbocycles. The van der Waals surface area contributed by atoms with Crippen molar-refractivity contribution in [3.63, 3.8) is 0 Å². The highest BCUT2D eigenvalue weighted by Crippen LogP contribution is 2.39. The number of nitrogens with zero attached hydrogens (tertiary/aromatic N) is 2. The van der Waals surface area contributed by atoms with Crippen molar-refractivity contribution in [3.05, 3.63) is 48.6 Å². The first-order valence-electron chi connectivity index (χ1n) is 14.1. The van der Waals surface area contributed by atoms with Gasteiger partial charge in [-0.15, -0.1) is 6.58 Å². The summed E-state index contributed by atoms with van der Waals surface area (Å²) >= 11 is 0. The van der Waals surface area contributed by atoms with Crippen LogP contribution in [0.3, 0.4) is 0 Å². The summed E-state index contributed by atoms with van der Waals surface area (Å²) < 4.78 is 0. The first-order valence-corrected chi connectivity index (χ1v) is 14.1. The summed E-state index contributed by atoms with van der Waals surface area (Å²) in [6.07, 6.45) is 6.31. The molecule has 2 heterocycles. The highest BCUT2D eigenvalue weighted by molar-refractivity contribution is 5.94. The fraction of sp³-hybridized carbons (Fsp3) is 0.633. The number of amides is 3. The standard InChI is InChI=1S/C30H46N4O4/c1-6-8-17-31-26(35)22(3)21-30(38,25-13-10-9-11-14-25)24(5)32-27(36)23(4)34-20-16-29(28(34)37)15-12-19-33(29)18-7-2/h7,9-11,13-14,22-24,38H,2,6,8,12,15-21H2,1,3-5H3,(H,31,35)(H,32,36)/t22-,23-,24+,29-,30-/m0/s1. The van der Waals surface area contributed by atoms with Crippen LogP contribution in [-0.4, -0.2) is 76.4 Å². The van der Waals surface area contributed by atoms with Crippen molar-refractivity contribution < 1.29 is 19.5 Å². The van der Waals surface area contributed by atoms with E-state index < -0.39 is 29.1 Å². The zero-order valence-electron chi connectivity index (χ0n) is 23.5. The lowest BCUT2D eigenvalue weighted by atomic mass is 9.79. The van der Waals surface area contributed by atoms with Crippen LogP contribution in [0.2, 0.25) is 0 Å². The van der Waals surface area contributed by atoms with Gasteiger partial charge in [-0.3, -0.25) is 19.3 Å². The molecule has 3 rings (SSSR count). The Morgan fingerprint density at radius 1 is 1.16 bits per heavy atom. The van der Waals surface area contributed by atoms with Gasteiger partial charge in [-0.05, 0) is 58.1 Å². The summed E-state index contributed by atoms with van der Waals surface area (Å²) in [5.41, 5.74) is -1.38. The largest absolute Gasteiger partial charge is 0.383 e. The molecule has 2 aliphatic rings. The normalized spacial score (nSPS) is 23.6. The van der Waals surface area contributed by atoms with Crippen LogP contribution < -0.4 is 10.6 Å². The van der Waals surface area contributed by atoms with E-state index in [-0.39, 0.29) is 24.1 Å². The molecule has 0 aromatic heterocycles. The van der Waals surface area contributed by atoms with Crippen LogP contribution in [0.25, 0.3) is 0 Å². The van der Waals surface area contributed by atoms with Crippen molar-refractivity contribution in [3.8, 4) is 0 Å². The van der Waals surface area contributed by atoms with Crippen LogP contribution in [0.5, 0.6) is 0 Å². The Morgan fingerprint density at radius 3 is 2.53 bits per heavy atom. The van der Waals surface area contributed by atoms with Crippen molar-refractivity contribution in [2.75, 3.05) is 26.2 Å². The lowest BCUT2D eigenvalue weighted by molar-refractivity contribution is -0.143. The predicted molar refractivity (Wildman–Crippen MR) is 149 cm³/mol. The molecule has 0 radical (unpaired) electrons. The maximum atomic E-state index is 13.6. The van der Waals surface area contributed by atoms with Crippen molar-refractivity contribution in [1.29, 1.82) is 0 Å². The number of rotatable bonds is 13. The minimum absolute atomic E-state index is 0.00264. The van der Waals surface area contributed by atoms with E-state index in [1.807, 2.05) is 36.4 Å². The molecule has 0 saturated carbocycles. The molecule has 3 amide bonds. The zero-order chi connectivity index (χ0) is 27.9. The van der Waals surface area contributed by atoms with Gasteiger partial charge >= 0.3 is 0 Å². The number of likely N-dealkylation sites (tertiary alicyclic amines) is 2. The maximum absolute atomic E-state index is 13.6. The molecule has 8 nitrogen and oxygen atoms in total. The van der Waals surface area contributed by atoms with Gasteiger partial charge in [0.15, 0.2) is 0 Å². The first kappa shape index (κ1) is 29.8. The number of benzene rings is 1. The highest BCUT2D eigenvalue weighted by atomic mass is 16.3. The molecule has 5 atom stereocenters. The number of carbonyl (C=O) groups is 3. The number of carbonyl (C=O) groups excluding carboxylic acids is 3. The topological polar surface area (TPSA) is 102 Å². The molecule has 0 unspecified atom stereocenters. The van der Waals surface area contributed by atoms with E-state index >= 15 is 0 Å². The molecule has 2 aliphatic heterocycles. The lowest BCUT2D eigenvalue weighted by Crippen LogP contribution is -2.57. The fourth-order valence-electron chi connectivity index (χ4n) is 6.02. The molecule has 1 aromatic rings. The van der Waals surface area contributed by atoms with E-state index in [9.17, 15) is 19.5 Å². The van der Waals surface area contributed by atoms with Gasteiger partial charge in [-0.25, -0.2) is 0 Å². The predicted octanol–water partition coefficient (Wildman–Crippen LogP) is 2.96.